The number of hydrogen-bond acceptors (Lipinski definition) is 3. The zero-order valence-corrected chi connectivity index (χ0v) is 17.3. The van der Waals surface area contributed by atoms with Crippen molar-refractivity contribution in [3.63, 3.8) is 0 Å². The van der Waals surface area contributed by atoms with Gasteiger partial charge in [-0.3, -0.25) is 20.4 Å². The number of nitrogens with two attached hydrogens (primary N) is 1. The number of nitrogens with one attached hydrogen (secondary N) is 2. The van der Waals surface area contributed by atoms with Crippen molar-refractivity contribution in [1.29, 1.82) is 0 Å². The summed E-state index contributed by atoms with van der Waals surface area (Å²) in [7, 11) is 0. The molecule has 2 amide bonds. The maximum atomic E-state index is 12.2. The maximum Gasteiger partial charge on any atom is 0.293 e. The second-order valence-corrected chi connectivity index (χ2v) is 6.88. The van der Waals surface area contributed by atoms with Crippen LogP contribution in [0.5, 0.6) is 0 Å². The summed E-state index contributed by atoms with van der Waals surface area (Å²) in [6, 6.07) is 14.9. The van der Waals surface area contributed by atoms with Gasteiger partial charge in [-0.15, -0.1) is 0 Å². The zero-order chi connectivity index (χ0) is 20.5. The van der Waals surface area contributed by atoms with Gasteiger partial charge in [-0.2, -0.15) is 0 Å². The van der Waals surface area contributed by atoms with Gasteiger partial charge in [-0.1, -0.05) is 29.8 Å². The number of carbonyl (C=O) groups is 2. The summed E-state index contributed by atoms with van der Waals surface area (Å²) >= 11 is 6.17. The van der Waals surface area contributed by atoms with E-state index < -0.39 is 0 Å². The summed E-state index contributed by atoms with van der Waals surface area (Å²) in [6.45, 7) is 8.13. The Balaban J connectivity index is 1.80. The summed E-state index contributed by atoms with van der Waals surface area (Å²) in [6.07, 6.45) is 0. The van der Waals surface area contributed by atoms with Gasteiger partial charge in [0.2, 0.25) is 0 Å². The average molecular weight is 404 g/mol. The van der Waals surface area contributed by atoms with Gasteiger partial charge in [0.05, 0.1) is 0 Å². The molecule has 0 saturated heterocycles. The third-order valence-electron chi connectivity index (χ3n) is 4.63. The van der Waals surface area contributed by atoms with Crippen LogP contribution in [0.3, 0.4) is 0 Å². The van der Waals surface area contributed by atoms with E-state index >= 15 is 0 Å². The molecule has 0 aliphatic heterocycles. The van der Waals surface area contributed by atoms with Crippen LogP contribution in [-0.2, 0) is 4.79 Å². The highest BCUT2D eigenvalue weighted by atomic mass is 35.5. The smallest absolute Gasteiger partial charge is 0.293 e. The van der Waals surface area contributed by atoms with Gasteiger partial charge in [0.15, 0.2) is 6.54 Å². The molecule has 2 aromatic rings. The Morgan fingerprint density at radius 1 is 1.04 bits per heavy atom. The van der Waals surface area contributed by atoms with Crippen molar-refractivity contribution < 1.29 is 14.9 Å². The number of halogens is 1. The highest BCUT2D eigenvalue weighted by Gasteiger charge is 2.15. The Kier molecular flexibility index (Phi) is 8.29. The summed E-state index contributed by atoms with van der Waals surface area (Å²) in [5.41, 5.74) is 7.42. The van der Waals surface area contributed by atoms with Crippen LogP contribution in [0, 0.1) is 0 Å². The molecule has 2 aromatic carbocycles. The van der Waals surface area contributed by atoms with Crippen LogP contribution in [0.15, 0.2) is 48.5 Å². The van der Waals surface area contributed by atoms with Crippen LogP contribution < -0.4 is 21.1 Å². The molecule has 0 bridgehead atoms. The first-order chi connectivity index (χ1) is 13.5. The van der Waals surface area contributed by atoms with Gasteiger partial charge in [-0.25, -0.2) is 0 Å². The van der Waals surface area contributed by atoms with E-state index in [2.05, 4.69) is 29.6 Å². The molecule has 0 radical (unpaired) electrons. The number of benzene rings is 2. The highest BCUT2D eigenvalue weighted by molar-refractivity contribution is 6.31. The van der Waals surface area contributed by atoms with Crippen LogP contribution >= 0.6 is 11.6 Å². The second kappa shape index (κ2) is 10.7. The molecule has 150 valence electrons. The number of quaternary nitrogens is 1. The van der Waals surface area contributed by atoms with Crippen molar-refractivity contribution in [3.05, 3.63) is 64.7 Å². The summed E-state index contributed by atoms with van der Waals surface area (Å²) in [5.74, 6) is -0.634. The Bertz CT molecular complexity index is 791. The second-order valence-electron chi connectivity index (χ2n) is 6.47. The summed E-state index contributed by atoms with van der Waals surface area (Å²) in [4.78, 5) is 26.4. The molecule has 0 fully saturated rings. The van der Waals surface area contributed by atoms with E-state index in [1.165, 1.54) is 0 Å². The van der Waals surface area contributed by atoms with Gasteiger partial charge >= 0.3 is 0 Å². The minimum atomic E-state index is -0.349. The van der Waals surface area contributed by atoms with Gasteiger partial charge < -0.3 is 10.2 Å². The van der Waals surface area contributed by atoms with E-state index in [-0.39, 0.29) is 24.4 Å². The molecule has 0 aliphatic rings. The van der Waals surface area contributed by atoms with E-state index in [4.69, 9.17) is 11.6 Å². The average Bonchev–Trinajstić information content (AvgIpc) is 2.72. The molecule has 28 heavy (non-hydrogen) atoms. The first-order valence-corrected chi connectivity index (χ1v) is 9.86. The normalized spacial score (nSPS) is 11.6. The predicted octanol–water partition coefficient (Wildman–Crippen LogP) is 2.27. The monoisotopic (exact) mass is 403 g/mol. The van der Waals surface area contributed by atoms with Gasteiger partial charge in [0.1, 0.15) is 6.04 Å². The van der Waals surface area contributed by atoms with Gasteiger partial charge in [0.25, 0.3) is 11.8 Å². The van der Waals surface area contributed by atoms with Crippen molar-refractivity contribution in [2.24, 2.45) is 0 Å². The summed E-state index contributed by atoms with van der Waals surface area (Å²) in [5, 5.41) is 2.54. The molecule has 4 N–H and O–H groups in total. The molecular weight excluding hydrogens is 376 g/mol. The molecule has 0 aromatic heterocycles. The largest absolute Gasteiger partial charge is 0.372 e. The summed E-state index contributed by atoms with van der Waals surface area (Å²) < 4.78 is 0. The molecule has 7 heteroatoms. The fraction of sp³-hybridized carbons (Fsp3) is 0.333. The SMILES string of the molecule is CCN(CC)c1ccc(C(=O)NNC(=O)C[NH2+][C@H](C)c2ccccc2Cl)cc1. The van der Waals surface area contributed by atoms with Crippen molar-refractivity contribution in [1.82, 2.24) is 10.9 Å². The maximum absolute atomic E-state index is 12.2. The fourth-order valence-corrected chi connectivity index (χ4v) is 3.23. The Labute approximate surface area is 171 Å². The number of anilines is 1. The Morgan fingerprint density at radius 3 is 2.29 bits per heavy atom. The van der Waals surface area contributed by atoms with E-state index in [0.717, 1.165) is 24.3 Å². The number of rotatable bonds is 8. The lowest BCUT2D eigenvalue weighted by Crippen LogP contribution is -2.87. The topological polar surface area (TPSA) is 78.1 Å². The lowest BCUT2D eigenvalue weighted by atomic mass is 10.1. The molecular formula is C21H28ClN4O2+. The fourth-order valence-electron chi connectivity index (χ4n) is 2.92. The van der Waals surface area contributed by atoms with Gasteiger partial charge in [-0.05, 0) is 51.1 Å². The number of nitrogens with zero attached hydrogens (tertiary/aromatic N) is 1. The molecule has 0 spiro atoms. The highest BCUT2D eigenvalue weighted by Crippen LogP contribution is 2.19. The van der Waals surface area contributed by atoms with Crippen LogP contribution in [0.2, 0.25) is 5.02 Å². The van der Waals surface area contributed by atoms with Gasteiger partial charge in [0, 0.05) is 34.9 Å². The molecule has 1 atom stereocenters. The molecule has 6 nitrogen and oxygen atoms in total. The first-order valence-electron chi connectivity index (χ1n) is 9.48. The quantitative estimate of drug-likeness (QED) is 0.592. The van der Waals surface area contributed by atoms with E-state index in [9.17, 15) is 9.59 Å². The van der Waals surface area contributed by atoms with E-state index in [0.29, 0.717) is 10.6 Å². The van der Waals surface area contributed by atoms with Crippen LogP contribution in [0.25, 0.3) is 0 Å². The minimum absolute atomic E-state index is 0.0303. The van der Waals surface area contributed by atoms with E-state index in [1.54, 1.807) is 12.1 Å². The molecule has 2 rings (SSSR count). The Morgan fingerprint density at radius 2 is 1.68 bits per heavy atom. The van der Waals surface area contributed by atoms with Crippen molar-refractivity contribution in [2.45, 2.75) is 26.8 Å². The molecule has 0 aliphatic carbocycles. The first kappa shape index (κ1) is 21.7. The third kappa shape index (κ3) is 5.97. The standard InChI is InChI=1S/C21H27ClN4O2/c1-4-26(5-2)17-12-10-16(11-13-17)21(28)25-24-20(27)14-23-15(3)18-8-6-7-9-19(18)22/h6-13,15,23H,4-5,14H2,1-3H3,(H,24,27)(H,25,28)/p+1/t15-/m1/s1. The third-order valence-corrected chi connectivity index (χ3v) is 4.97. The molecule has 0 heterocycles. The predicted molar refractivity (Wildman–Crippen MR) is 112 cm³/mol. The molecule has 0 saturated carbocycles. The van der Waals surface area contributed by atoms with E-state index in [1.807, 2.05) is 48.6 Å². The lowest BCUT2D eigenvalue weighted by Gasteiger charge is -2.21. The van der Waals surface area contributed by atoms with Crippen molar-refractivity contribution in [3.8, 4) is 0 Å². The number of amides is 2. The molecule has 0 unspecified atom stereocenters. The number of hydrazine groups is 1. The van der Waals surface area contributed by atoms with Crippen LogP contribution in [0.1, 0.15) is 42.7 Å². The van der Waals surface area contributed by atoms with Crippen LogP contribution in [-0.4, -0.2) is 31.4 Å². The Hall–Kier alpha value is -2.57. The van der Waals surface area contributed by atoms with Crippen LogP contribution in [0.4, 0.5) is 5.69 Å². The van der Waals surface area contributed by atoms with Crippen molar-refractivity contribution in [2.75, 3.05) is 24.5 Å². The van der Waals surface area contributed by atoms with Crippen molar-refractivity contribution >= 4 is 29.1 Å². The minimum Gasteiger partial charge on any atom is -0.372 e. The lowest BCUT2D eigenvalue weighted by molar-refractivity contribution is -0.682. The zero-order valence-electron chi connectivity index (χ0n) is 16.5. The number of carbonyl (C=O) groups excluding carboxylic acids is 2. The number of hydrogen-bond donors (Lipinski definition) is 3.